The van der Waals surface area contributed by atoms with E-state index in [0.717, 1.165) is 5.56 Å². The second-order valence-electron chi connectivity index (χ2n) is 8.40. The lowest BCUT2D eigenvalue weighted by atomic mass is 9.93. The molecule has 1 unspecified atom stereocenters. The maximum atomic E-state index is 12.7. The molecule has 140 valence electrons. The van der Waals surface area contributed by atoms with Crippen molar-refractivity contribution in [1.29, 1.82) is 0 Å². The molecule has 0 saturated heterocycles. The van der Waals surface area contributed by atoms with E-state index in [-0.39, 0.29) is 11.8 Å². The number of carbonyl (C=O) groups excluding carboxylic acids is 2. The first-order valence-corrected chi connectivity index (χ1v) is 8.75. The third-order valence-electron chi connectivity index (χ3n) is 3.57. The molecule has 2 amide bonds. The van der Waals surface area contributed by atoms with E-state index in [1.165, 1.54) is 0 Å². The van der Waals surface area contributed by atoms with Gasteiger partial charge in [0.1, 0.15) is 11.6 Å². The fourth-order valence-electron chi connectivity index (χ4n) is 2.53. The van der Waals surface area contributed by atoms with Crippen LogP contribution in [0.5, 0.6) is 0 Å². The third kappa shape index (κ3) is 8.05. The van der Waals surface area contributed by atoms with E-state index < -0.39 is 23.3 Å². The van der Waals surface area contributed by atoms with Crippen LogP contribution >= 0.6 is 0 Å². The number of ether oxygens (including phenoxy) is 1. The zero-order chi connectivity index (χ0) is 19.3. The van der Waals surface area contributed by atoms with Crippen LogP contribution in [0.15, 0.2) is 30.3 Å². The van der Waals surface area contributed by atoms with Gasteiger partial charge in [0.2, 0.25) is 5.91 Å². The van der Waals surface area contributed by atoms with Crippen LogP contribution in [0.25, 0.3) is 0 Å². The van der Waals surface area contributed by atoms with Crippen molar-refractivity contribution in [1.82, 2.24) is 10.6 Å². The molecule has 5 heteroatoms. The zero-order valence-electron chi connectivity index (χ0n) is 16.5. The summed E-state index contributed by atoms with van der Waals surface area (Å²) in [6, 6.07) is 9.35. The first-order chi connectivity index (χ1) is 11.4. The van der Waals surface area contributed by atoms with Crippen LogP contribution < -0.4 is 10.6 Å². The molecule has 0 spiro atoms. The summed E-state index contributed by atoms with van der Waals surface area (Å²) in [5, 5.41) is 5.73. The van der Waals surface area contributed by atoms with E-state index in [1.54, 1.807) is 20.8 Å². The molecule has 0 aliphatic rings. The monoisotopic (exact) mass is 348 g/mol. The first-order valence-electron chi connectivity index (χ1n) is 8.75. The molecule has 25 heavy (non-hydrogen) atoms. The van der Waals surface area contributed by atoms with E-state index >= 15 is 0 Å². The minimum Gasteiger partial charge on any atom is -0.444 e. The number of hydrogen-bond donors (Lipinski definition) is 2. The molecular weight excluding hydrogens is 316 g/mol. The molecule has 1 aromatic carbocycles. The second-order valence-corrected chi connectivity index (χ2v) is 8.40. The predicted octanol–water partition coefficient (Wildman–Crippen LogP) is 3.67. The van der Waals surface area contributed by atoms with Crippen molar-refractivity contribution in [3.63, 3.8) is 0 Å². The maximum Gasteiger partial charge on any atom is 0.408 e. The van der Waals surface area contributed by atoms with Crippen LogP contribution in [-0.2, 0) is 16.0 Å². The standard InChI is InChI=1S/C20H32N2O3/c1-14(2)16(21-18(24)25-19(3,4)5)17(23)22-20(6,7)13-15-11-9-8-10-12-15/h8-12,14,16H,13H2,1-7H3,(H,21,24)(H,22,23). The molecule has 0 heterocycles. The van der Waals surface area contributed by atoms with E-state index in [0.29, 0.717) is 6.42 Å². The van der Waals surface area contributed by atoms with Gasteiger partial charge < -0.3 is 15.4 Å². The molecule has 0 saturated carbocycles. The molecule has 0 radical (unpaired) electrons. The van der Waals surface area contributed by atoms with Crippen LogP contribution in [-0.4, -0.2) is 29.2 Å². The van der Waals surface area contributed by atoms with Crippen LogP contribution in [0.4, 0.5) is 4.79 Å². The van der Waals surface area contributed by atoms with E-state index in [9.17, 15) is 9.59 Å². The van der Waals surface area contributed by atoms with Gasteiger partial charge in [-0.15, -0.1) is 0 Å². The number of carbonyl (C=O) groups is 2. The highest BCUT2D eigenvalue weighted by molar-refractivity contribution is 5.86. The van der Waals surface area contributed by atoms with Crippen molar-refractivity contribution in [2.45, 2.75) is 72.1 Å². The summed E-state index contributed by atoms with van der Waals surface area (Å²) < 4.78 is 5.26. The highest BCUT2D eigenvalue weighted by Gasteiger charge is 2.30. The lowest BCUT2D eigenvalue weighted by molar-refractivity contribution is -0.125. The Morgan fingerprint density at radius 3 is 2.08 bits per heavy atom. The molecule has 5 nitrogen and oxygen atoms in total. The Morgan fingerprint density at radius 2 is 1.60 bits per heavy atom. The summed E-state index contributed by atoms with van der Waals surface area (Å²) in [6.45, 7) is 13.1. The molecule has 0 fully saturated rings. The normalized spacial score (nSPS) is 13.3. The topological polar surface area (TPSA) is 67.4 Å². The fraction of sp³-hybridized carbons (Fsp3) is 0.600. The predicted molar refractivity (Wildman–Crippen MR) is 100 cm³/mol. The van der Waals surface area contributed by atoms with Gasteiger partial charge in [-0.05, 0) is 52.5 Å². The minimum absolute atomic E-state index is 0.0555. The minimum atomic E-state index is -0.648. The summed E-state index contributed by atoms with van der Waals surface area (Å²) in [6.07, 6.45) is 0.124. The summed E-state index contributed by atoms with van der Waals surface area (Å²) in [5.41, 5.74) is 0.115. The Morgan fingerprint density at radius 1 is 1.04 bits per heavy atom. The van der Waals surface area contributed by atoms with Gasteiger partial charge in [0.15, 0.2) is 0 Å². The van der Waals surface area contributed by atoms with Crippen LogP contribution in [0.2, 0.25) is 0 Å². The van der Waals surface area contributed by atoms with Crippen LogP contribution in [0.1, 0.15) is 54.0 Å². The Labute approximate surface area is 151 Å². The third-order valence-corrected chi connectivity index (χ3v) is 3.57. The molecule has 0 aliphatic carbocycles. The lowest BCUT2D eigenvalue weighted by Gasteiger charge is -2.31. The van der Waals surface area contributed by atoms with E-state index in [2.05, 4.69) is 10.6 Å². The largest absolute Gasteiger partial charge is 0.444 e. The summed E-state index contributed by atoms with van der Waals surface area (Å²) >= 11 is 0. The van der Waals surface area contributed by atoms with Gasteiger partial charge in [-0.2, -0.15) is 0 Å². The molecule has 1 atom stereocenters. The molecule has 0 aliphatic heterocycles. The van der Waals surface area contributed by atoms with Crippen molar-refractivity contribution >= 4 is 12.0 Å². The average Bonchev–Trinajstić information content (AvgIpc) is 2.42. The summed E-state index contributed by atoms with van der Waals surface area (Å²) in [7, 11) is 0. The van der Waals surface area contributed by atoms with Gasteiger partial charge in [-0.3, -0.25) is 4.79 Å². The number of amides is 2. The number of benzene rings is 1. The van der Waals surface area contributed by atoms with Gasteiger partial charge >= 0.3 is 6.09 Å². The molecular formula is C20H32N2O3. The van der Waals surface area contributed by atoms with E-state index in [4.69, 9.17) is 4.74 Å². The van der Waals surface area contributed by atoms with Crippen molar-refractivity contribution in [3.05, 3.63) is 35.9 Å². The molecule has 0 aromatic heterocycles. The van der Waals surface area contributed by atoms with Crippen molar-refractivity contribution in [2.75, 3.05) is 0 Å². The van der Waals surface area contributed by atoms with E-state index in [1.807, 2.05) is 58.0 Å². The summed E-state index contributed by atoms with van der Waals surface area (Å²) in [5.74, 6) is -0.262. The Hall–Kier alpha value is -2.04. The lowest BCUT2D eigenvalue weighted by Crippen LogP contribution is -2.56. The fourth-order valence-corrected chi connectivity index (χ4v) is 2.53. The van der Waals surface area contributed by atoms with Crippen LogP contribution in [0, 0.1) is 5.92 Å². The maximum absolute atomic E-state index is 12.7. The first kappa shape index (κ1) is 21.0. The van der Waals surface area contributed by atoms with Gasteiger partial charge in [0, 0.05) is 5.54 Å². The Balaban J connectivity index is 2.73. The van der Waals surface area contributed by atoms with Gasteiger partial charge in [-0.1, -0.05) is 44.2 Å². The molecule has 2 N–H and O–H groups in total. The highest BCUT2D eigenvalue weighted by Crippen LogP contribution is 2.14. The molecule has 1 aromatic rings. The average molecular weight is 348 g/mol. The zero-order valence-corrected chi connectivity index (χ0v) is 16.5. The quantitative estimate of drug-likeness (QED) is 0.824. The Bertz CT molecular complexity index is 574. The van der Waals surface area contributed by atoms with Crippen molar-refractivity contribution < 1.29 is 14.3 Å². The smallest absolute Gasteiger partial charge is 0.408 e. The number of rotatable bonds is 6. The highest BCUT2D eigenvalue weighted by atomic mass is 16.6. The Kier molecular flexibility index (Phi) is 7.03. The number of hydrogen-bond acceptors (Lipinski definition) is 3. The van der Waals surface area contributed by atoms with Gasteiger partial charge in [0.05, 0.1) is 0 Å². The van der Waals surface area contributed by atoms with Crippen molar-refractivity contribution in [3.8, 4) is 0 Å². The SMILES string of the molecule is CC(C)C(NC(=O)OC(C)(C)C)C(=O)NC(C)(C)Cc1ccccc1. The second kappa shape index (κ2) is 8.37. The van der Waals surface area contributed by atoms with Gasteiger partial charge in [-0.25, -0.2) is 4.79 Å². The van der Waals surface area contributed by atoms with Crippen LogP contribution in [0.3, 0.4) is 0 Å². The molecule has 0 bridgehead atoms. The van der Waals surface area contributed by atoms with Crippen molar-refractivity contribution in [2.24, 2.45) is 5.92 Å². The van der Waals surface area contributed by atoms with Gasteiger partial charge in [0.25, 0.3) is 0 Å². The molecule has 1 rings (SSSR count). The summed E-state index contributed by atoms with van der Waals surface area (Å²) in [4.78, 5) is 24.7. The number of alkyl carbamates (subject to hydrolysis) is 1. The number of nitrogens with one attached hydrogen (secondary N) is 2.